The third-order valence-corrected chi connectivity index (χ3v) is 3.74. The minimum absolute atomic E-state index is 0.0334. The maximum atomic E-state index is 12.3. The monoisotopic (exact) mass is 299 g/mol. The molecule has 114 valence electrons. The second kappa shape index (κ2) is 5.97. The molecular weight excluding hydrogens is 282 g/mol. The fourth-order valence-corrected chi connectivity index (χ4v) is 2.51. The Morgan fingerprint density at radius 3 is 3.00 bits per heavy atom. The molecule has 1 aliphatic rings. The summed E-state index contributed by atoms with van der Waals surface area (Å²) in [6, 6.07) is 3.49. The number of rotatable bonds is 3. The molecule has 0 spiro atoms. The smallest absolute Gasteiger partial charge is 0.270 e. The maximum Gasteiger partial charge on any atom is 0.270 e. The summed E-state index contributed by atoms with van der Waals surface area (Å²) < 4.78 is 1.81. The summed E-state index contributed by atoms with van der Waals surface area (Å²) in [6.45, 7) is 0.534. The molecule has 1 atom stereocenters. The summed E-state index contributed by atoms with van der Waals surface area (Å²) >= 11 is 0. The Balaban J connectivity index is 1.70. The van der Waals surface area contributed by atoms with Gasteiger partial charge < -0.3 is 14.8 Å². The molecule has 0 bridgehead atoms. The van der Waals surface area contributed by atoms with Crippen molar-refractivity contribution < 1.29 is 9.59 Å². The van der Waals surface area contributed by atoms with Crippen molar-refractivity contribution in [3.63, 3.8) is 0 Å². The SMILES string of the molecule is CN1CC(NC(=O)c2cc(-n3ccnc3)ccn2)CCC1=O. The van der Waals surface area contributed by atoms with Gasteiger partial charge in [0.25, 0.3) is 5.91 Å². The van der Waals surface area contributed by atoms with Crippen LogP contribution in [-0.2, 0) is 4.79 Å². The van der Waals surface area contributed by atoms with E-state index < -0.39 is 0 Å². The zero-order valence-electron chi connectivity index (χ0n) is 12.3. The van der Waals surface area contributed by atoms with Crippen molar-refractivity contribution in [3.8, 4) is 5.69 Å². The molecule has 1 aliphatic heterocycles. The third kappa shape index (κ3) is 2.98. The predicted octanol–water partition coefficient (Wildman–Crippen LogP) is 0.618. The lowest BCUT2D eigenvalue weighted by atomic mass is 10.1. The number of hydrogen-bond donors (Lipinski definition) is 1. The summed E-state index contributed by atoms with van der Waals surface area (Å²) in [6.07, 6.45) is 7.87. The zero-order chi connectivity index (χ0) is 15.5. The minimum atomic E-state index is -0.227. The first-order chi connectivity index (χ1) is 10.6. The quantitative estimate of drug-likeness (QED) is 0.901. The average molecular weight is 299 g/mol. The van der Waals surface area contributed by atoms with Crippen LogP contribution in [0.2, 0.25) is 0 Å². The van der Waals surface area contributed by atoms with Crippen molar-refractivity contribution in [3.05, 3.63) is 42.7 Å². The van der Waals surface area contributed by atoms with Crippen LogP contribution in [0.4, 0.5) is 0 Å². The summed E-state index contributed by atoms with van der Waals surface area (Å²) in [4.78, 5) is 33.5. The van der Waals surface area contributed by atoms with Crippen LogP contribution in [-0.4, -0.2) is 50.9 Å². The fourth-order valence-electron chi connectivity index (χ4n) is 2.51. The Bertz CT molecular complexity index is 683. The van der Waals surface area contributed by atoms with E-state index in [2.05, 4.69) is 15.3 Å². The van der Waals surface area contributed by atoms with Crippen LogP contribution in [0.5, 0.6) is 0 Å². The molecule has 3 heterocycles. The molecule has 1 saturated heterocycles. The molecule has 7 nitrogen and oxygen atoms in total. The number of carbonyl (C=O) groups excluding carboxylic acids is 2. The van der Waals surface area contributed by atoms with Crippen molar-refractivity contribution in [2.75, 3.05) is 13.6 Å². The summed E-state index contributed by atoms with van der Waals surface area (Å²) in [5.74, 6) is -0.111. The standard InChI is InChI=1S/C15H17N5O2/c1-19-9-11(2-3-14(19)21)18-15(22)13-8-12(4-5-17-13)20-7-6-16-10-20/h4-8,10-11H,2-3,9H2,1H3,(H,18,22). The number of carbonyl (C=O) groups is 2. The molecular formula is C15H17N5O2. The molecule has 7 heteroatoms. The first-order valence-corrected chi connectivity index (χ1v) is 7.12. The molecule has 0 aliphatic carbocycles. The molecule has 0 saturated carbocycles. The topological polar surface area (TPSA) is 80.1 Å². The van der Waals surface area contributed by atoms with Crippen LogP contribution in [0.15, 0.2) is 37.1 Å². The normalized spacial score (nSPS) is 18.3. The average Bonchev–Trinajstić information content (AvgIpc) is 3.05. The zero-order valence-corrected chi connectivity index (χ0v) is 12.3. The van der Waals surface area contributed by atoms with E-state index in [0.717, 1.165) is 5.69 Å². The molecule has 22 heavy (non-hydrogen) atoms. The highest BCUT2D eigenvalue weighted by Gasteiger charge is 2.24. The minimum Gasteiger partial charge on any atom is -0.346 e. The Morgan fingerprint density at radius 1 is 1.41 bits per heavy atom. The van der Waals surface area contributed by atoms with E-state index in [1.54, 1.807) is 42.9 Å². The number of pyridine rings is 1. The molecule has 1 unspecified atom stereocenters. The first kappa shape index (κ1) is 14.2. The van der Waals surface area contributed by atoms with Gasteiger partial charge in [-0.15, -0.1) is 0 Å². The van der Waals surface area contributed by atoms with Crippen LogP contribution >= 0.6 is 0 Å². The van der Waals surface area contributed by atoms with Crippen LogP contribution in [0, 0.1) is 0 Å². The molecule has 2 amide bonds. The van der Waals surface area contributed by atoms with Gasteiger partial charge in [0.05, 0.1) is 12.0 Å². The predicted molar refractivity (Wildman–Crippen MR) is 79.5 cm³/mol. The molecule has 0 radical (unpaired) electrons. The Morgan fingerprint density at radius 2 is 2.27 bits per heavy atom. The lowest BCUT2D eigenvalue weighted by molar-refractivity contribution is -0.132. The lowest BCUT2D eigenvalue weighted by Crippen LogP contribution is -2.48. The number of nitrogens with one attached hydrogen (secondary N) is 1. The third-order valence-electron chi connectivity index (χ3n) is 3.74. The van der Waals surface area contributed by atoms with Gasteiger partial charge in [0.15, 0.2) is 0 Å². The van der Waals surface area contributed by atoms with E-state index in [0.29, 0.717) is 25.1 Å². The number of aromatic nitrogens is 3. The van der Waals surface area contributed by atoms with Gasteiger partial charge in [-0.1, -0.05) is 0 Å². The summed E-state index contributed by atoms with van der Waals surface area (Å²) in [5, 5.41) is 2.94. The van der Waals surface area contributed by atoms with Gasteiger partial charge in [-0.3, -0.25) is 14.6 Å². The Labute approximate surface area is 128 Å². The number of imidazole rings is 1. The number of nitrogens with zero attached hydrogens (tertiary/aromatic N) is 4. The van der Waals surface area contributed by atoms with Gasteiger partial charge in [0, 0.05) is 44.6 Å². The first-order valence-electron chi connectivity index (χ1n) is 7.12. The van der Waals surface area contributed by atoms with Crippen molar-refractivity contribution >= 4 is 11.8 Å². The second-order valence-corrected chi connectivity index (χ2v) is 5.35. The van der Waals surface area contributed by atoms with Crippen LogP contribution in [0.25, 0.3) is 5.69 Å². The number of likely N-dealkylation sites (N-methyl/N-ethyl adjacent to an activating group) is 1. The van der Waals surface area contributed by atoms with Crippen molar-refractivity contribution in [2.24, 2.45) is 0 Å². The molecule has 1 fully saturated rings. The maximum absolute atomic E-state index is 12.3. The van der Waals surface area contributed by atoms with Gasteiger partial charge >= 0.3 is 0 Å². The van der Waals surface area contributed by atoms with Gasteiger partial charge in [0.2, 0.25) is 5.91 Å². The highest BCUT2D eigenvalue weighted by Crippen LogP contribution is 2.12. The molecule has 2 aromatic rings. The highest BCUT2D eigenvalue weighted by atomic mass is 16.2. The second-order valence-electron chi connectivity index (χ2n) is 5.35. The largest absolute Gasteiger partial charge is 0.346 e. The molecule has 2 aromatic heterocycles. The number of likely N-dealkylation sites (tertiary alicyclic amines) is 1. The molecule has 0 aromatic carbocycles. The summed E-state index contributed by atoms with van der Waals surface area (Å²) in [7, 11) is 1.75. The summed E-state index contributed by atoms with van der Waals surface area (Å²) in [5.41, 5.74) is 1.18. The van der Waals surface area contributed by atoms with Gasteiger partial charge in [-0.05, 0) is 18.6 Å². The van der Waals surface area contributed by atoms with E-state index >= 15 is 0 Å². The number of amides is 2. The molecule has 3 rings (SSSR count). The number of hydrogen-bond acceptors (Lipinski definition) is 4. The van der Waals surface area contributed by atoms with Gasteiger partial charge in [-0.2, -0.15) is 0 Å². The van der Waals surface area contributed by atoms with Crippen molar-refractivity contribution in [1.29, 1.82) is 0 Å². The fraction of sp³-hybridized carbons (Fsp3) is 0.333. The lowest BCUT2D eigenvalue weighted by Gasteiger charge is -2.30. The van der Waals surface area contributed by atoms with Crippen LogP contribution in [0.1, 0.15) is 23.3 Å². The highest BCUT2D eigenvalue weighted by molar-refractivity contribution is 5.93. The van der Waals surface area contributed by atoms with E-state index in [4.69, 9.17) is 0 Å². The van der Waals surface area contributed by atoms with Crippen molar-refractivity contribution in [2.45, 2.75) is 18.9 Å². The van der Waals surface area contributed by atoms with E-state index in [-0.39, 0.29) is 17.9 Å². The van der Waals surface area contributed by atoms with Crippen LogP contribution in [0.3, 0.4) is 0 Å². The van der Waals surface area contributed by atoms with E-state index in [9.17, 15) is 9.59 Å². The Hall–Kier alpha value is -2.70. The Kier molecular flexibility index (Phi) is 3.86. The van der Waals surface area contributed by atoms with Crippen LogP contribution < -0.4 is 5.32 Å². The van der Waals surface area contributed by atoms with E-state index in [1.807, 2.05) is 10.6 Å². The van der Waals surface area contributed by atoms with Crippen molar-refractivity contribution in [1.82, 2.24) is 24.8 Å². The van der Waals surface area contributed by atoms with Gasteiger partial charge in [-0.25, -0.2) is 4.98 Å². The van der Waals surface area contributed by atoms with E-state index in [1.165, 1.54) is 0 Å². The van der Waals surface area contributed by atoms with Gasteiger partial charge in [0.1, 0.15) is 5.69 Å². The molecule has 1 N–H and O–H groups in total. The number of piperidine rings is 1.